The molecule has 0 aliphatic carbocycles. The van der Waals surface area contributed by atoms with Gasteiger partial charge in [0.15, 0.2) is 0 Å². The summed E-state index contributed by atoms with van der Waals surface area (Å²) >= 11 is 3.51. The van der Waals surface area contributed by atoms with E-state index in [9.17, 15) is 0 Å². The van der Waals surface area contributed by atoms with E-state index >= 15 is 0 Å². The molecule has 0 heterocycles. The third-order valence-electron chi connectivity index (χ3n) is 2.02. The van der Waals surface area contributed by atoms with Gasteiger partial charge in [-0.1, -0.05) is 59.6 Å². The Bertz CT molecular complexity index is 282. The molecule has 0 spiro atoms. The SMILES string of the molecule is CC=C(Br)c1ccc(CCC)cc1. The number of aryl methyl sites for hydroxylation is 1. The zero-order chi connectivity index (χ0) is 9.68. The van der Waals surface area contributed by atoms with Crippen LogP contribution in [0.15, 0.2) is 30.3 Å². The number of allylic oxidation sites excluding steroid dienone is 1. The van der Waals surface area contributed by atoms with Gasteiger partial charge in [-0.15, -0.1) is 0 Å². The fourth-order valence-electron chi connectivity index (χ4n) is 1.29. The predicted octanol–water partition coefficient (Wildman–Crippen LogP) is 4.39. The van der Waals surface area contributed by atoms with E-state index in [2.05, 4.69) is 53.2 Å². The van der Waals surface area contributed by atoms with Crippen molar-refractivity contribution in [3.63, 3.8) is 0 Å². The van der Waals surface area contributed by atoms with Crippen LogP contribution in [0.1, 0.15) is 31.4 Å². The molecule has 70 valence electrons. The van der Waals surface area contributed by atoms with Gasteiger partial charge in [0.2, 0.25) is 0 Å². The summed E-state index contributed by atoms with van der Waals surface area (Å²) < 4.78 is 1.16. The number of rotatable bonds is 3. The molecule has 13 heavy (non-hydrogen) atoms. The maximum absolute atomic E-state index is 3.51. The minimum atomic E-state index is 1.16. The first-order valence-electron chi connectivity index (χ1n) is 4.69. The van der Waals surface area contributed by atoms with E-state index in [0.717, 1.165) is 4.48 Å². The standard InChI is InChI=1S/C12H15Br/c1-3-5-10-6-8-11(9-7-10)12(13)4-2/h4,6-9H,3,5H2,1-2H3. The third-order valence-corrected chi connectivity index (χ3v) is 2.94. The van der Waals surface area contributed by atoms with Crippen LogP contribution in [0, 0.1) is 0 Å². The van der Waals surface area contributed by atoms with Gasteiger partial charge in [-0.25, -0.2) is 0 Å². The zero-order valence-electron chi connectivity index (χ0n) is 8.18. The van der Waals surface area contributed by atoms with Crippen molar-refractivity contribution in [2.24, 2.45) is 0 Å². The quantitative estimate of drug-likeness (QED) is 0.733. The van der Waals surface area contributed by atoms with Gasteiger partial charge >= 0.3 is 0 Å². The second-order valence-electron chi connectivity index (χ2n) is 3.08. The van der Waals surface area contributed by atoms with Crippen molar-refractivity contribution in [3.8, 4) is 0 Å². The third kappa shape index (κ3) is 3.00. The Morgan fingerprint density at radius 3 is 2.38 bits per heavy atom. The Hall–Kier alpha value is -0.560. The van der Waals surface area contributed by atoms with E-state index in [1.165, 1.54) is 24.0 Å². The zero-order valence-corrected chi connectivity index (χ0v) is 9.76. The fraction of sp³-hybridized carbons (Fsp3) is 0.333. The lowest BCUT2D eigenvalue weighted by Gasteiger charge is -2.01. The van der Waals surface area contributed by atoms with E-state index in [1.807, 2.05) is 6.92 Å². The summed E-state index contributed by atoms with van der Waals surface area (Å²) in [5.41, 5.74) is 2.67. The molecule has 0 aliphatic rings. The van der Waals surface area contributed by atoms with Gasteiger partial charge in [-0.05, 0) is 24.5 Å². The molecule has 0 bridgehead atoms. The maximum atomic E-state index is 3.51. The number of benzene rings is 1. The molecule has 0 atom stereocenters. The van der Waals surface area contributed by atoms with Gasteiger partial charge in [-0.3, -0.25) is 0 Å². The second kappa shape index (κ2) is 5.23. The van der Waals surface area contributed by atoms with Crippen LogP contribution in [-0.2, 0) is 6.42 Å². The molecule has 0 aromatic heterocycles. The van der Waals surface area contributed by atoms with Crippen molar-refractivity contribution in [2.75, 3.05) is 0 Å². The topological polar surface area (TPSA) is 0 Å². The minimum Gasteiger partial charge on any atom is -0.0728 e. The summed E-state index contributed by atoms with van der Waals surface area (Å²) in [6.45, 7) is 4.24. The average Bonchev–Trinajstić information content (AvgIpc) is 2.18. The fourth-order valence-corrected chi connectivity index (χ4v) is 1.55. The highest BCUT2D eigenvalue weighted by Crippen LogP contribution is 2.21. The van der Waals surface area contributed by atoms with Crippen LogP contribution >= 0.6 is 15.9 Å². The first-order chi connectivity index (χ1) is 6.27. The van der Waals surface area contributed by atoms with Crippen molar-refractivity contribution in [1.29, 1.82) is 0 Å². The van der Waals surface area contributed by atoms with Gasteiger partial charge in [0.25, 0.3) is 0 Å². The summed E-state index contributed by atoms with van der Waals surface area (Å²) in [5.74, 6) is 0. The van der Waals surface area contributed by atoms with Gasteiger partial charge in [0.1, 0.15) is 0 Å². The summed E-state index contributed by atoms with van der Waals surface area (Å²) in [5, 5.41) is 0. The molecule has 0 nitrogen and oxygen atoms in total. The van der Waals surface area contributed by atoms with Crippen LogP contribution in [-0.4, -0.2) is 0 Å². The first kappa shape index (κ1) is 10.5. The Morgan fingerprint density at radius 2 is 1.92 bits per heavy atom. The molecular formula is C12H15Br. The van der Waals surface area contributed by atoms with Crippen molar-refractivity contribution in [3.05, 3.63) is 41.5 Å². The Kier molecular flexibility index (Phi) is 4.23. The van der Waals surface area contributed by atoms with Crippen LogP contribution < -0.4 is 0 Å². The van der Waals surface area contributed by atoms with Crippen molar-refractivity contribution >= 4 is 20.4 Å². The summed E-state index contributed by atoms with van der Waals surface area (Å²) in [6.07, 6.45) is 4.45. The molecule has 1 aromatic rings. The maximum Gasteiger partial charge on any atom is 0.0205 e. The van der Waals surface area contributed by atoms with E-state index in [0.29, 0.717) is 0 Å². The lowest BCUT2D eigenvalue weighted by Crippen LogP contribution is -1.83. The highest BCUT2D eigenvalue weighted by Gasteiger charge is 1.95. The van der Waals surface area contributed by atoms with Crippen molar-refractivity contribution in [2.45, 2.75) is 26.7 Å². The van der Waals surface area contributed by atoms with E-state index < -0.39 is 0 Å². The molecule has 0 radical (unpaired) electrons. The van der Waals surface area contributed by atoms with Crippen LogP contribution in [0.4, 0.5) is 0 Å². The van der Waals surface area contributed by atoms with Gasteiger partial charge < -0.3 is 0 Å². The summed E-state index contributed by atoms with van der Waals surface area (Å²) in [4.78, 5) is 0. The molecule has 1 heteroatoms. The predicted molar refractivity (Wildman–Crippen MR) is 63.0 cm³/mol. The Balaban J connectivity index is 2.81. The molecule has 0 amide bonds. The van der Waals surface area contributed by atoms with Gasteiger partial charge in [0, 0.05) is 4.48 Å². The monoisotopic (exact) mass is 238 g/mol. The molecule has 1 rings (SSSR count). The largest absolute Gasteiger partial charge is 0.0728 e. The number of halogens is 1. The van der Waals surface area contributed by atoms with E-state index in [1.54, 1.807) is 0 Å². The Labute approximate surface area is 88.8 Å². The molecule has 0 N–H and O–H groups in total. The minimum absolute atomic E-state index is 1.16. The lowest BCUT2D eigenvalue weighted by atomic mass is 10.1. The van der Waals surface area contributed by atoms with Crippen molar-refractivity contribution < 1.29 is 0 Å². The average molecular weight is 239 g/mol. The molecule has 0 saturated heterocycles. The molecule has 0 aliphatic heterocycles. The molecule has 0 unspecified atom stereocenters. The first-order valence-corrected chi connectivity index (χ1v) is 5.48. The van der Waals surface area contributed by atoms with Gasteiger partial charge in [0.05, 0.1) is 0 Å². The summed E-state index contributed by atoms with van der Waals surface area (Å²) in [7, 11) is 0. The second-order valence-corrected chi connectivity index (χ2v) is 3.94. The number of hydrogen-bond acceptors (Lipinski definition) is 0. The van der Waals surface area contributed by atoms with Gasteiger partial charge in [-0.2, -0.15) is 0 Å². The Morgan fingerprint density at radius 1 is 1.31 bits per heavy atom. The van der Waals surface area contributed by atoms with Crippen LogP contribution in [0.2, 0.25) is 0 Å². The number of hydrogen-bond donors (Lipinski definition) is 0. The van der Waals surface area contributed by atoms with Crippen LogP contribution in [0.3, 0.4) is 0 Å². The van der Waals surface area contributed by atoms with Crippen LogP contribution in [0.5, 0.6) is 0 Å². The summed E-state index contributed by atoms with van der Waals surface area (Å²) in [6, 6.07) is 8.72. The molecule has 1 aromatic carbocycles. The smallest absolute Gasteiger partial charge is 0.0205 e. The molecule has 0 saturated carbocycles. The van der Waals surface area contributed by atoms with E-state index in [-0.39, 0.29) is 0 Å². The van der Waals surface area contributed by atoms with Crippen LogP contribution in [0.25, 0.3) is 4.48 Å². The highest BCUT2D eigenvalue weighted by molar-refractivity contribution is 9.15. The highest BCUT2D eigenvalue weighted by atomic mass is 79.9. The molecule has 0 fully saturated rings. The van der Waals surface area contributed by atoms with Crippen molar-refractivity contribution in [1.82, 2.24) is 0 Å². The molecular weight excluding hydrogens is 224 g/mol. The van der Waals surface area contributed by atoms with E-state index in [4.69, 9.17) is 0 Å². The normalized spacial score (nSPS) is 11.8. The lowest BCUT2D eigenvalue weighted by molar-refractivity contribution is 0.922.